The van der Waals surface area contributed by atoms with Crippen LogP contribution in [0.4, 0.5) is 4.70 Å². The molecule has 0 heterocycles. The standard InChI is InChI=1S/Co.FH.Li.Mn.Ni.2H2O.2O.H/h;1H;;;;2*1H2;;;/q;;+1;+2;;;;;;-1/p-2. The zero-order valence-electron chi connectivity index (χ0n) is 5.15. The molecule has 9 heavy (non-hydrogen) atoms. The molecule has 0 unspecified atom stereocenters. The Morgan fingerprint density at radius 3 is 1.22 bits per heavy atom. The molecule has 1 radical (unpaired) electrons. The molecule has 0 rings (SSSR count). The molecule has 0 aliphatic rings. The van der Waals surface area contributed by atoms with Crippen LogP contribution in [0.3, 0.4) is 0 Å². The fourth-order valence-corrected chi connectivity index (χ4v) is 0. The van der Waals surface area contributed by atoms with E-state index in [1.807, 2.05) is 0 Å². The van der Waals surface area contributed by atoms with E-state index in [1.165, 1.54) is 0 Å². The quantitative estimate of drug-likeness (QED) is 0.437. The van der Waals surface area contributed by atoms with Crippen LogP contribution in [-0.4, -0.2) is 8.38 Å². The van der Waals surface area contributed by atoms with Crippen molar-refractivity contribution in [2.45, 2.75) is 0 Å². The molecule has 0 spiro atoms. The zero-order chi connectivity index (χ0) is 4.50. The molecule has 0 bridgehead atoms. The molecule has 0 aromatic heterocycles. The first-order chi connectivity index (χ1) is 2.00. The van der Waals surface area contributed by atoms with E-state index in [1.54, 1.807) is 0 Å². The Balaban J connectivity index is -0.00000000800. The summed E-state index contributed by atoms with van der Waals surface area (Å²) in [5.41, 5.74) is 0. The van der Waals surface area contributed by atoms with Crippen molar-refractivity contribution in [1.29, 1.82) is 0 Å². The molecule has 0 saturated carbocycles. The van der Waals surface area contributed by atoms with Gasteiger partial charge in [-0.1, -0.05) is 0 Å². The monoisotopic (exact) mass is 266 g/mol. The van der Waals surface area contributed by atoms with Gasteiger partial charge >= 0.3 is 48.3 Å². The first kappa shape index (κ1) is 31.2. The van der Waals surface area contributed by atoms with E-state index >= 15 is 0 Å². The third kappa shape index (κ3) is 223. The van der Waals surface area contributed by atoms with Gasteiger partial charge in [-0.2, -0.15) is 0 Å². The Kier molecular flexibility index (Phi) is 42.5. The second-order valence-electron chi connectivity index (χ2n) is 0.415. The van der Waals surface area contributed by atoms with Gasteiger partial charge in [0.15, 0.2) is 0 Å². The van der Waals surface area contributed by atoms with Gasteiger partial charge in [-0.05, 0) is 0 Å². The molecule has 0 aromatic rings. The SMILES string of the molecule is F.[Co].[H-].[Li+].[Ni].[O]=[Mn](=[O])([OH])[OH]. The summed E-state index contributed by atoms with van der Waals surface area (Å²) in [5, 5.41) is 0. The zero-order valence-corrected chi connectivity index (χ0v) is 7.36. The average molecular weight is 267 g/mol. The molecule has 0 saturated heterocycles. The summed E-state index contributed by atoms with van der Waals surface area (Å²) in [6.45, 7) is 0. The molecular weight excluding hydrogens is 262 g/mol. The van der Waals surface area contributed by atoms with Crippen LogP contribution in [0.25, 0.3) is 0 Å². The van der Waals surface area contributed by atoms with Crippen LogP contribution in [0.2, 0.25) is 0 Å². The van der Waals surface area contributed by atoms with E-state index in [9.17, 15) is 0 Å². The van der Waals surface area contributed by atoms with Crippen LogP contribution in [0.15, 0.2) is 0 Å². The van der Waals surface area contributed by atoms with Gasteiger partial charge in [0.25, 0.3) is 0 Å². The van der Waals surface area contributed by atoms with Gasteiger partial charge in [0.1, 0.15) is 0 Å². The molecule has 0 aromatic carbocycles. The van der Waals surface area contributed by atoms with E-state index in [0.717, 1.165) is 0 Å². The van der Waals surface area contributed by atoms with Gasteiger partial charge in [0.05, 0.1) is 0 Å². The Bertz CT molecular complexity index is 108. The summed E-state index contributed by atoms with van der Waals surface area (Å²) < 4.78 is 31.8. The Morgan fingerprint density at radius 1 is 1.22 bits per heavy atom. The summed E-state index contributed by atoms with van der Waals surface area (Å²) in [6.07, 6.45) is 0. The van der Waals surface area contributed by atoms with E-state index < -0.39 is 13.4 Å². The van der Waals surface area contributed by atoms with Crippen LogP contribution < -0.4 is 18.9 Å². The molecule has 0 amide bonds. The Hall–Kier alpha value is 1.57. The molecule has 0 aliphatic heterocycles. The van der Waals surface area contributed by atoms with Crippen molar-refractivity contribution in [3.05, 3.63) is 0 Å². The number of halogens is 1. The van der Waals surface area contributed by atoms with Crippen molar-refractivity contribution in [2.24, 2.45) is 0 Å². The molecule has 0 aliphatic carbocycles. The number of hydrogen-bond acceptors (Lipinski definition) is 2. The number of hydrogen-bond donors (Lipinski definition) is 2. The van der Waals surface area contributed by atoms with Gasteiger partial charge in [-0.3, -0.25) is 4.70 Å². The molecule has 2 N–H and O–H groups in total. The Labute approximate surface area is 87.2 Å². The van der Waals surface area contributed by atoms with Crippen molar-refractivity contribution in [1.82, 2.24) is 0 Å². The van der Waals surface area contributed by atoms with Crippen LogP contribution in [0.1, 0.15) is 1.43 Å². The van der Waals surface area contributed by atoms with E-state index in [0.29, 0.717) is 0 Å². The maximum absolute atomic E-state index is 8.80. The third-order valence-electron chi connectivity index (χ3n) is 0. The fourth-order valence-electron chi connectivity index (χ4n) is 0. The molecule has 0 atom stereocenters. The third-order valence-corrected chi connectivity index (χ3v) is 0. The average Bonchev–Trinajstić information content (AvgIpc) is 0.722. The minimum absolute atomic E-state index is 0. The van der Waals surface area contributed by atoms with Crippen molar-refractivity contribution in [2.75, 3.05) is 0 Å². The van der Waals surface area contributed by atoms with E-state index in [4.69, 9.17) is 16.0 Å². The van der Waals surface area contributed by atoms with Crippen LogP contribution in [0, 0.1) is 0 Å². The summed E-state index contributed by atoms with van der Waals surface area (Å²) >= 11 is -5.12. The summed E-state index contributed by atoms with van der Waals surface area (Å²) in [7, 11) is 0. The minimum atomic E-state index is -5.12. The van der Waals surface area contributed by atoms with E-state index in [-0.39, 0.29) is 58.3 Å². The van der Waals surface area contributed by atoms with Crippen LogP contribution in [-0.2, 0) is 54.3 Å². The predicted octanol–water partition coefficient (Wildman–Crippen LogP) is -4.09. The van der Waals surface area contributed by atoms with Gasteiger partial charge in [0, 0.05) is 33.3 Å². The number of rotatable bonds is 0. The molecule has 9 heteroatoms. The fraction of sp³-hybridized carbons (Fsp3) is 0. The topological polar surface area (TPSA) is 74.6 Å². The van der Waals surface area contributed by atoms with Crippen molar-refractivity contribution in [3.63, 3.8) is 0 Å². The van der Waals surface area contributed by atoms with Gasteiger partial charge < -0.3 is 1.43 Å². The summed E-state index contributed by atoms with van der Waals surface area (Å²) in [4.78, 5) is 0. The Morgan fingerprint density at radius 2 is 1.22 bits per heavy atom. The van der Waals surface area contributed by atoms with Gasteiger partial charge in [0.2, 0.25) is 0 Å². The molecule has 0 fully saturated rings. The van der Waals surface area contributed by atoms with Crippen molar-refractivity contribution < 1.29 is 87.7 Å². The summed E-state index contributed by atoms with van der Waals surface area (Å²) in [6, 6.07) is 0. The maximum atomic E-state index is 8.80. The van der Waals surface area contributed by atoms with E-state index in [2.05, 4.69) is 0 Å². The van der Waals surface area contributed by atoms with Crippen LogP contribution in [0.5, 0.6) is 0 Å². The first-order valence-corrected chi connectivity index (χ1v) is 2.67. The second kappa shape index (κ2) is 12.3. The second-order valence-corrected chi connectivity index (χ2v) is 1.71. The predicted molar refractivity (Wildman–Crippen MR) is 9.43 cm³/mol. The molecule has 62 valence electrons. The first-order valence-electron chi connectivity index (χ1n) is 0.647. The van der Waals surface area contributed by atoms with Crippen LogP contribution >= 0.6 is 0 Å². The molecular formula is H4CoFLiMnNiO4. The molecule has 4 nitrogen and oxygen atoms in total. The van der Waals surface area contributed by atoms with Gasteiger partial charge in [-0.25, -0.2) is 0 Å². The van der Waals surface area contributed by atoms with Crippen molar-refractivity contribution >= 4 is 0 Å². The summed E-state index contributed by atoms with van der Waals surface area (Å²) in [5.74, 6) is 0. The normalized spacial score (nSPS) is 6.44. The van der Waals surface area contributed by atoms with Crippen molar-refractivity contribution in [3.8, 4) is 0 Å². The van der Waals surface area contributed by atoms with Gasteiger partial charge in [-0.15, -0.1) is 0 Å².